The number of carbonyl (C=O) groups excluding carboxylic acids is 1. The summed E-state index contributed by atoms with van der Waals surface area (Å²) in [6.07, 6.45) is 1.15. The van der Waals surface area contributed by atoms with Crippen LogP contribution in [0.4, 0.5) is 10.1 Å². The Bertz CT molecular complexity index is 1050. The third-order valence-corrected chi connectivity index (χ3v) is 7.68. The fraction of sp³-hybridized carbons (Fsp3) is 0.409. The number of hydrogen-bond acceptors (Lipinski definition) is 4. The van der Waals surface area contributed by atoms with E-state index in [1.807, 2.05) is 7.05 Å². The number of rotatable bonds is 5. The number of halogens is 1. The minimum absolute atomic E-state index is 0.0377. The van der Waals surface area contributed by atoms with Crippen LogP contribution in [0.25, 0.3) is 0 Å². The quantitative estimate of drug-likeness (QED) is 0.785. The van der Waals surface area contributed by atoms with Gasteiger partial charge < -0.3 is 9.64 Å². The van der Waals surface area contributed by atoms with Crippen molar-refractivity contribution in [2.45, 2.75) is 37.3 Å². The van der Waals surface area contributed by atoms with Crippen LogP contribution in [0.5, 0.6) is 0 Å². The topological polar surface area (TPSA) is 75.7 Å². The number of sulfonamides is 1. The molecule has 4 rings (SSSR count). The molecule has 2 aromatic rings. The molecule has 6 nitrogen and oxygen atoms in total. The molecule has 160 valence electrons. The third kappa shape index (κ3) is 3.48. The number of nitrogens with zero attached hydrogens (tertiary/aromatic N) is 1. The average molecular weight is 433 g/mol. The summed E-state index contributed by atoms with van der Waals surface area (Å²) >= 11 is 0. The first-order chi connectivity index (χ1) is 14.1. The lowest BCUT2D eigenvalue weighted by molar-refractivity contribution is -0.139. The molecule has 2 aliphatic rings. The number of amides is 1. The molecule has 8 heteroatoms. The first-order valence-electron chi connectivity index (χ1n) is 9.88. The second-order valence-electron chi connectivity index (χ2n) is 8.56. The zero-order valence-corrected chi connectivity index (χ0v) is 17.9. The predicted octanol–water partition coefficient (Wildman–Crippen LogP) is 3.51. The standard InChI is InChI=1S/C22H25FN2O4S/c1-22(2)19(18-12-13-29-20(18)22)25(3)21(26)14-4-8-16(9-5-14)24-30(27,28)17-10-6-15(23)7-11-17/h4-11,18-20,24H,12-13H2,1-3H3/t18-,19+,20+/m0/s1. The Kier molecular flexibility index (Phi) is 5.10. The fourth-order valence-electron chi connectivity index (χ4n) is 4.92. The maximum absolute atomic E-state index is 13.0. The lowest BCUT2D eigenvalue weighted by atomic mass is 9.56. The van der Waals surface area contributed by atoms with E-state index in [2.05, 4.69) is 18.6 Å². The lowest BCUT2D eigenvalue weighted by Crippen LogP contribution is -2.66. The molecule has 1 N–H and O–H groups in total. The SMILES string of the molecule is CN(C(=O)c1ccc(NS(=O)(=O)c2ccc(F)cc2)cc1)[C@@H]1[C@@H]2CCO[C@H]2C1(C)C. The summed E-state index contributed by atoms with van der Waals surface area (Å²) in [5.74, 6) is -0.256. The van der Waals surface area contributed by atoms with E-state index >= 15 is 0 Å². The fourth-order valence-corrected chi connectivity index (χ4v) is 5.98. The molecule has 1 aliphatic carbocycles. The first kappa shape index (κ1) is 20.8. The van der Waals surface area contributed by atoms with Crippen molar-refractivity contribution >= 4 is 21.6 Å². The Labute approximate surface area is 176 Å². The van der Waals surface area contributed by atoms with E-state index in [9.17, 15) is 17.6 Å². The molecule has 0 aromatic heterocycles. The van der Waals surface area contributed by atoms with Crippen molar-refractivity contribution in [3.63, 3.8) is 0 Å². The minimum Gasteiger partial charge on any atom is -0.377 e. The second-order valence-corrected chi connectivity index (χ2v) is 10.2. The van der Waals surface area contributed by atoms with Crippen LogP contribution in [0, 0.1) is 17.2 Å². The van der Waals surface area contributed by atoms with E-state index in [1.54, 1.807) is 29.2 Å². The summed E-state index contributed by atoms with van der Waals surface area (Å²) in [5, 5.41) is 0. The number of nitrogens with one attached hydrogen (secondary N) is 1. The number of anilines is 1. The van der Waals surface area contributed by atoms with Crippen LogP contribution in [0.3, 0.4) is 0 Å². The van der Waals surface area contributed by atoms with Crippen molar-refractivity contribution in [2.75, 3.05) is 18.4 Å². The monoisotopic (exact) mass is 432 g/mol. The summed E-state index contributed by atoms with van der Waals surface area (Å²) in [5.41, 5.74) is 0.711. The zero-order chi connectivity index (χ0) is 21.7. The summed E-state index contributed by atoms with van der Waals surface area (Å²) in [7, 11) is -2.03. The summed E-state index contributed by atoms with van der Waals surface area (Å²) in [6.45, 7) is 4.99. The summed E-state index contributed by atoms with van der Waals surface area (Å²) in [6, 6.07) is 11.0. The van der Waals surface area contributed by atoms with E-state index in [0.29, 0.717) is 17.2 Å². The molecule has 3 atom stereocenters. The molecule has 1 heterocycles. The molecule has 1 aliphatic heterocycles. The van der Waals surface area contributed by atoms with Gasteiger partial charge in [-0.2, -0.15) is 0 Å². The Morgan fingerprint density at radius 3 is 2.40 bits per heavy atom. The lowest BCUT2D eigenvalue weighted by Gasteiger charge is -2.57. The summed E-state index contributed by atoms with van der Waals surface area (Å²) < 4.78 is 46.2. The van der Waals surface area contributed by atoms with E-state index in [1.165, 1.54) is 12.1 Å². The maximum Gasteiger partial charge on any atom is 0.261 e. The molecule has 1 saturated heterocycles. The van der Waals surface area contributed by atoms with Crippen LogP contribution >= 0.6 is 0 Å². The molecule has 1 amide bonds. The molecule has 30 heavy (non-hydrogen) atoms. The molecule has 2 fully saturated rings. The number of hydrogen-bond donors (Lipinski definition) is 1. The number of benzene rings is 2. The van der Waals surface area contributed by atoms with Gasteiger partial charge >= 0.3 is 0 Å². The van der Waals surface area contributed by atoms with Crippen molar-refractivity contribution in [2.24, 2.45) is 11.3 Å². The van der Waals surface area contributed by atoms with E-state index in [0.717, 1.165) is 25.2 Å². The maximum atomic E-state index is 13.0. The smallest absolute Gasteiger partial charge is 0.261 e. The van der Waals surface area contributed by atoms with Crippen LogP contribution in [0.2, 0.25) is 0 Å². The molecular weight excluding hydrogens is 407 g/mol. The third-order valence-electron chi connectivity index (χ3n) is 6.28. The number of fused-ring (bicyclic) bond motifs is 1. The highest BCUT2D eigenvalue weighted by molar-refractivity contribution is 7.92. The van der Waals surface area contributed by atoms with Gasteiger partial charge in [0.2, 0.25) is 0 Å². The second kappa shape index (κ2) is 7.35. The van der Waals surface area contributed by atoms with Crippen molar-refractivity contribution in [3.05, 3.63) is 59.9 Å². The van der Waals surface area contributed by atoms with Crippen molar-refractivity contribution in [1.29, 1.82) is 0 Å². The van der Waals surface area contributed by atoms with Gasteiger partial charge in [0.15, 0.2) is 0 Å². The van der Waals surface area contributed by atoms with Gasteiger partial charge in [-0.3, -0.25) is 9.52 Å². The average Bonchev–Trinajstić information content (AvgIpc) is 3.14. The highest BCUT2D eigenvalue weighted by Gasteiger charge is 2.61. The normalized spacial score (nSPS) is 24.6. The zero-order valence-electron chi connectivity index (χ0n) is 17.1. The van der Waals surface area contributed by atoms with E-state index < -0.39 is 15.8 Å². The van der Waals surface area contributed by atoms with Gasteiger partial charge in [-0.05, 0) is 55.0 Å². The van der Waals surface area contributed by atoms with Crippen molar-refractivity contribution in [1.82, 2.24) is 4.90 Å². The van der Waals surface area contributed by atoms with Crippen molar-refractivity contribution < 1.29 is 22.3 Å². The van der Waals surface area contributed by atoms with E-state index in [-0.39, 0.29) is 28.4 Å². The molecule has 0 unspecified atom stereocenters. The number of carbonyl (C=O) groups is 1. The number of ether oxygens (including phenoxy) is 1. The molecular formula is C22H25FN2O4S. The van der Waals surface area contributed by atoms with E-state index in [4.69, 9.17) is 4.74 Å². The van der Waals surface area contributed by atoms with Crippen LogP contribution < -0.4 is 4.72 Å². The Hall–Kier alpha value is -2.45. The summed E-state index contributed by atoms with van der Waals surface area (Å²) in [4.78, 5) is 14.8. The largest absolute Gasteiger partial charge is 0.377 e. The Morgan fingerprint density at radius 1 is 1.13 bits per heavy atom. The van der Waals surface area contributed by atoms with Crippen LogP contribution in [-0.4, -0.2) is 45.0 Å². The van der Waals surface area contributed by atoms with Gasteiger partial charge in [0.25, 0.3) is 15.9 Å². The minimum atomic E-state index is -3.84. The molecule has 1 saturated carbocycles. The molecule has 2 aromatic carbocycles. The van der Waals surface area contributed by atoms with Gasteiger partial charge in [0, 0.05) is 42.3 Å². The predicted molar refractivity (Wildman–Crippen MR) is 111 cm³/mol. The van der Waals surface area contributed by atoms with Gasteiger partial charge in [-0.15, -0.1) is 0 Å². The van der Waals surface area contributed by atoms with Crippen LogP contribution in [0.15, 0.2) is 53.4 Å². The van der Waals surface area contributed by atoms with Crippen molar-refractivity contribution in [3.8, 4) is 0 Å². The van der Waals surface area contributed by atoms with Gasteiger partial charge in [-0.25, -0.2) is 12.8 Å². The highest BCUT2D eigenvalue weighted by atomic mass is 32.2. The van der Waals surface area contributed by atoms with Gasteiger partial charge in [-0.1, -0.05) is 13.8 Å². The van der Waals surface area contributed by atoms with Crippen LogP contribution in [-0.2, 0) is 14.8 Å². The van der Waals surface area contributed by atoms with Gasteiger partial charge in [0.1, 0.15) is 5.82 Å². The molecule has 0 spiro atoms. The van der Waals surface area contributed by atoms with Crippen LogP contribution in [0.1, 0.15) is 30.6 Å². The first-order valence-corrected chi connectivity index (χ1v) is 11.4. The Morgan fingerprint density at radius 2 is 1.77 bits per heavy atom. The highest BCUT2D eigenvalue weighted by Crippen LogP contribution is 2.54. The molecule has 0 bridgehead atoms. The Balaban J connectivity index is 1.47. The molecule has 0 radical (unpaired) electrons. The van der Waals surface area contributed by atoms with Gasteiger partial charge in [0.05, 0.1) is 11.0 Å².